The first kappa shape index (κ1) is 30.1. The van der Waals surface area contributed by atoms with Gasteiger partial charge in [0.1, 0.15) is 11.6 Å². The summed E-state index contributed by atoms with van der Waals surface area (Å²) in [5.41, 5.74) is 0.758. The lowest BCUT2D eigenvalue weighted by Gasteiger charge is -2.26. The van der Waals surface area contributed by atoms with E-state index < -0.39 is 35.5 Å². The number of benzene rings is 2. The molecule has 1 aromatic heterocycles. The molecule has 9 heteroatoms. The van der Waals surface area contributed by atoms with Crippen molar-refractivity contribution in [1.29, 1.82) is 0 Å². The number of Topliss-reactive ketones (excluding diaryl/α,β-unsaturated/α-hetero) is 1. The van der Waals surface area contributed by atoms with Crippen LogP contribution in [0.2, 0.25) is 0 Å². The lowest BCUT2D eigenvalue weighted by atomic mass is 9.93. The summed E-state index contributed by atoms with van der Waals surface area (Å²) in [6.45, 7) is 6.03. The molecule has 0 aliphatic carbocycles. The van der Waals surface area contributed by atoms with Crippen molar-refractivity contribution in [2.45, 2.75) is 63.8 Å². The second kappa shape index (κ2) is 13.7. The summed E-state index contributed by atoms with van der Waals surface area (Å²) in [6, 6.07) is 19.9. The number of hydrogen-bond donors (Lipinski definition) is 3. The molecule has 0 radical (unpaired) electrons. The molecular formula is C32H37N3O5S. The topological polar surface area (TPSA) is 117 Å². The van der Waals surface area contributed by atoms with Gasteiger partial charge in [0, 0.05) is 6.42 Å². The zero-order valence-electron chi connectivity index (χ0n) is 23.6. The summed E-state index contributed by atoms with van der Waals surface area (Å²) in [5, 5.41) is 10.6. The SMILES string of the molecule is CC(C)C[C@H](NC(=O)[C@H](Cc1ccccc1)NC(=O)CC(NC(=O)c1cccs1)c1ccccc1)C(=O)[C@@]1(C)CO1. The Bertz CT molecular complexity index is 1320. The summed E-state index contributed by atoms with van der Waals surface area (Å²) >= 11 is 1.32. The predicted octanol–water partition coefficient (Wildman–Crippen LogP) is 4.23. The van der Waals surface area contributed by atoms with E-state index in [1.54, 1.807) is 19.1 Å². The summed E-state index contributed by atoms with van der Waals surface area (Å²) in [4.78, 5) is 53.6. The van der Waals surface area contributed by atoms with Gasteiger partial charge in [-0.2, -0.15) is 0 Å². The third-order valence-electron chi connectivity index (χ3n) is 7.01. The molecule has 3 aromatic rings. The number of carbonyl (C=O) groups excluding carboxylic acids is 4. The standard InChI is InChI=1S/C32H37N3O5S/c1-21(2)17-25(29(37)32(3)20-40-32)35-30(38)26(18-22-11-6-4-7-12-22)33-28(36)19-24(23-13-8-5-9-14-23)34-31(39)27-15-10-16-41-27/h4-16,21,24-26H,17-20H2,1-3H3,(H,33,36)(H,34,39)(H,35,38)/t24?,25-,26-,32+/m0/s1. The Kier molecular flexibility index (Phi) is 10.1. The Balaban J connectivity index is 1.51. The Morgan fingerprint density at radius 3 is 2.12 bits per heavy atom. The van der Waals surface area contributed by atoms with Crippen LogP contribution in [0.15, 0.2) is 78.2 Å². The van der Waals surface area contributed by atoms with Gasteiger partial charge in [0.05, 0.1) is 30.0 Å². The molecule has 41 heavy (non-hydrogen) atoms. The van der Waals surface area contributed by atoms with Crippen molar-refractivity contribution in [3.05, 3.63) is 94.2 Å². The van der Waals surface area contributed by atoms with Crippen molar-refractivity contribution >= 4 is 34.8 Å². The van der Waals surface area contributed by atoms with Crippen molar-refractivity contribution in [2.24, 2.45) is 5.92 Å². The van der Waals surface area contributed by atoms with Crippen molar-refractivity contribution < 1.29 is 23.9 Å². The Morgan fingerprint density at radius 1 is 0.878 bits per heavy atom. The number of carbonyl (C=O) groups is 4. The van der Waals surface area contributed by atoms with E-state index in [9.17, 15) is 19.2 Å². The van der Waals surface area contributed by atoms with Gasteiger partial charge in [-0.05, 0) is 41.8 Å². The quantitative estimate of drug-likeness (QED) is 0.249. The summed E-state index contributed by atoms with van der Waals surface area (Å²) in [6.07, 6.45) is 0.632. The number of rotatable bonds is 14. The number of ketones is 1. The van der Waals surface area contributed by atoms with Crippen molar-refractivity contribution in [2.75, 3.05) is 6.61 Å². The molecule has 8 nitrogen and oxygen atoms in total. The molecule has 4 atom stereocenters. The van der Waals surface area contributed by atoms with Gasteiger partial charge in [-0.15, -0.1) is 11.3 Å². The fourth-order valence-corrected chi connectivity index (χ4v) is 5.29. The van der Waals surface area contributed by atoms with Crippen LogP contribution >= 0.6 is 11.3 Å². The number of amides is 3. The zero-order chi connectivity index (χ0) is 29.4. The minimum Gasteiger partial charge on any atom is -0.361 e. The highest BCUT2D eigenvalue weighted by molar-refractivity contribution is 7.12. The highest BCUT2D eigenvalue weighted by Crippen LogP contribution is 2.29. The number of ether oxygens (including phenoxy) is 1. The first-order valence-corrected chi connectivity index (χ1v) is 14.7. The molecule has 1 aliphatic rings. The van der Waals surface area contributed by atoms with E-state index in [-0.39, 0.29) is 30.4 Å². The largest absolute Gasteiger partial charge is 0.361 e. The van der Waals surface area contributed by atoms with Crippen LogP contribution in [-0.2, 0) is 25.5 Å². The Morgan fingerprint density at radius 2 is 1.54 bits per heavy atom. The average molecular weight is 576 g/mol. The first-order valence-electron chi connectivity index (χ1n) is 13.9. The lowest BCUT2D eigenvalue weighted by molar-refractivity contribution is -0.133. The van der Waals surface area contributed by atoms with Gasteiger partial charge in [0.15, 0.2) is 5.78 Å². The van der Waals surface area contributed by atoms with Gasteiger partial charge >= 0.3 is 0 Å². The molecule has 0 saturated carbocycles. The molecule has 0 bridgehead atoms. The second-order valence-corrected chi connectivity index (χ2v) is 12.0. The highest BCUT2D eigenvalue weighted by Gasteiger charge is 2.50. The first-order chi connectivity index (χ1) is 19.6. The van der Waals surface area contributed by atoms with E-state index >= 15 is 0 Å². The normalized spacial score (nSPS) is 18.1. The van der Waals surface area contributed by atoms with Crippen molar-refractivity contribution in [3.8, 4) is 0 Å². The predicted molar refractivity (Wildman–Crippen MR) is 158 cm³/mol. The van der Waals surface area contributed by atoms with Crippen LogP contribution in [0.25, 0.3) is 0 Å². The smallest absolute Gasteiger partial charge is 0.261 e. The molecular weight excluding hydrogens is 538 g/mol. The molecule has 1 fully saturated rings. The van der Waals surface area contributed by atoms with E-state index in [1.807, 2.05) is 79.9 Å². The minimum absolute atomic E-state index is 0.0695. The molecule has 3 N–H and O–H groups in total. The van der Waals surface area contributed by atoms with Crippen LogP contribution in [0, 0.1) is 5.92 Å². The van der Waals surface area contributed by atoms with Gasteiger partial charge in [-0.1, -0.05) is 80.6 Å². The molecule has 2 heterocycles. The molecule has 1 aliphatic heterocycles. The van der Waals surface area contributed by atoms with E-state index in [0.29, 0.717) is 17.9 Å². The Hall–Kier alpha value is -3.82. The number of hydrogen-bond acceptors (Lipinski definition) is 6. The maximum atomic E-state index is 13.6. The minimum atomic E-state index is -0.926. The van der Waals surface area contributed by atoms with E-state index in [1.165, 1.54) is 11.3 Å². The van der Waals surface area contributed by atoms with Crippen LogP contribution in [0.3, 0.4) is 0 Å². The fraction of sp³-hybridized carbons (Fsp3) is 0.375. The number of thiophene rings is 1. The van der Waals surface area contributed by atoms with Gasteiger partial charge in [0.25, 0.3) is 5.91 Å². The van der Waals surface area contributed by atoms with Crippen molar-refractivity contribution in [3.63, 3.8) is 0 Å². The summed E-state index contributed by atoms with van der Waals surface area (Å²) in [7, 11) is 0. The zero-order valence-corrected chi connectivity index (χ0v) is 24.4. The molecule has 2 aromatic carbocycles. The number of nitrogens with one attached hydrogen (secondary N) is 3. The third-order valence-corrected chi connectivity index (χ3v) is 7.88. The van der Waals surface area contributed by atoms with Crippen LogP contribution in [0.1, 0.15) is 60.5 Å². The van der Waals surface area contributed by atoms with Gasteiger partial charge in [0.2, 0.25) is 11.8 Å². The van der Waals surface area contributed by atoms with Gasteiger partial charge < -0.3 is 20.7 Å². The van der Waals surface area contributed by atoms with Crippen LogP contribution in [0.5, 0.6) is 0 Å². The average Bonchev–Trinajstić information content (AvgIpc) is 3.46. The van der Waals surface area contributed by atoms with Crippen molar-refractivity contribution in [1.82, 2.24) is 16.0 Å². The molecule has 1 unspecified atom stereocenters. The van der Waals surface area contributed by atoms with E-state index in [0.717, 1.165) is 11.1 Å². The summed E-state index contributed by atoms with van der Waals surface area (Å²) in [5.74, 6) is -1.11. The van der Waals surface area contributed by atoms with Crippen LogP contribution in [0.4, 0.5) is 0 Å². The fourth-order valence-electron chi connectivity index (χ4n) is 4.67. The molecule has 0 spiro atoms. The number of epoxide rings is 1. The lowest BCUT2D eigenvalue weighted by Crippen LogP contribution is -2.54. The third kappa shape index (κ3) is 8.58. The van der Waals surface area contributed by atoms with Crippen LogP contribution in [-0.4, -0.2) is 47.8 Å². The van der Waals surface area contributed by atoms with E-state index in [2.05, 4.69) is 16.0 Å². The monoisotopic (exact) mass is 575 g/mol. The maximum absolute atomic E-state index is 13.6. The van der Waals surface area contributed by atoms with Crippen LogP contribution < -0.4 is 16.0 Å². The van der Waals surface area contributed by atoms with Gasteiger partial charge in [-0.3, -0.25) is 19.2 Å². The summed E-state index contributed by atoms with van der Waals surface area (Å²) < 4.78 is 5.36. The molecule has 4 rings (SSSR count). The maximum Gasteiger partial charge on any atom is 0.261 e. The molecule has 1 saturated heterocycles. The second-order valence-electron chi connectivity index (χ2n) is 11.0. The Labute approximate surface area is 244 Å². The van der Waals surface area contributed by atoms with Gasteiger partial charge in [-0.25, -0.2) is 0 Å². The van der Waals surface area contributed by atoms with E-state index in [4.69, 9.17) is 4.74 Å². The molecule has 3 amide bonds. The highest BCUT2D eigenvalue weighted by atomic mass is 32.1. The molecule has 216 valence electrons.